The minimum absolute atomic E-state index is 0.151. The summed E-state index contributed by atoms with van der Waals surface area (Å²) in [5.41, 5.74) is 1.65. The molecule has 0 bridgehead atoms. The van der Waals surface area contributed by atoms with Crippen molar-refractivity contribution in [1.82, 2.24) is 20.1 Å². The Labute approximate surface area is 167 Å². The molecular weight excluding hydrogens is 380 g/mol. The number of nitrogens with one attached hydrogen (secondary N) is 1. The van der Waals surface area contributed by atoms with E-state index in [1.807, 2.05) is 24.3 Å². The Bertz CT molecular complexity index is 863. The van der Waals surface area contributed by atoms with Gasteiger partial charge in [0.15, 0.2) is 5.58 Å². The van der Waals surface area contributed by atoms with Gasteiger partial charge in [-0.15, -0.1) is 0 Å². The fraction of sp³-hybridized carbons (Fsp3) is 0.600. The molecule has 2 aromatic rings. The number of benzene rings is 1. The van der Waals surface area contributed by atoms with Crippen molar-refractivity contribution >= 4 is 23.0 Å². The summed E-state index contributed by atoms with van der Waals surface area (Å²) in [7, 11) is 0. The predicted molar refractivity (Wildman–Crippen MR) is 104 cm³/mol. The summed E-state index contributed by atoms with van der Waals surface area (Å²) in [5.74, 6) is -2.93. The van der Waals surface area contributed by atoms with Gasteiger partial charge in [0.2, 0.25) is 5.91 Å². The number of piperazine rings is 1. The number of aromatic nitrogens is 1. The Hall–Kier alpha value is -2.26. The van der Waals surface area contributed by atoms with Gasteiger partial charge in [-0.25, -0.2) is 8.78 Å². The molecule has 3 aliphatic heterocycles. The lowest BCUT2D eigenvalue weighted by Crippen LogP contribution is -2.51. The van der Waals surface area contributed by atoms with Crippen molar-refractivity contribution in [3.63, 3.8) is 0 Å². The summed E-state index contributed by atoms with van der Waals surface area (Å²) in [4.78, 5) is 23.0. The van der Waals surface area contributed by atoms with Crippen LogP contribution in [-0.4, -0.2) is 84.5 Å². The molecule has 2 atom stereocenters. The lowest BCUT2D eigenvalue weighted by Gasteiger charge is -2.37. The number of likely N-dealkylation sites (tertiary alicyclic amines) is 1. The third kappa shape index (κ3) is 3.69. The average Bonchev–Trinajstić information content (AvgIpc) is 3.45. The first-order chi connectivity index (χ1) is 14.0. The van der Waals surface area contributed by atoms with Gasteiger partial charge in [0.25, 0.3) is 11.9 Å². The van der Waals surface area contributed by atoms with E-state index in [2.05, 4.69) is 20.1 Å². The van der Waals surface area contributed by atoms with E-state index >= 15 is 0 Å². The number of hydrogen-bond acceptors (Lipinski definition) is 6. The molecular formula is C20H25F2N5O2. The van der Waals surface area contributed by atoms with Crippen LogP contribution in [0.4, 0.5) is 14.8 Å². The first-order valence-corrected chi connectivity index (χ1v) is 10.2. The Morgan fingerprint density at radius 2 is 1.97 bits per heavy atom. The van der Waals surface area contributed by atoms with E-state index in [9.17, 15) is 13.6 Å². The van der Waals surface area contributed by atoms with Gasteiger partial charge in [0.05, 0.1) is 12.6 Å². The maximum absolute atomic E-state index is 13.4. The second-order valence-corrected chi connectivity index (χ2v) is 8.20. The van der Waals surface area contributed by atoms with Crippen LogP contribution in [0, 0.1) is 0 Å². The van der Waals surface area contributed by atoms with E-state index in [1.165, 1.54) is 4.90 Å². The maximum atomic E-state index is 13.4. The van der Waals surface area contributed by atoms with Gasteiger partial charge in [-0.05, 0) is 18.6 Å². The zero-order chi connectivity index (χ0) is 20.0. The molecule has 3 fully saturated rings. The summed E-state index contributed by atoms with van der Waals surface area (Å²) in [6, 6.07) is 8.28. The van der Waals surface area contributed by atoms with Crippen LogP contribution >= 0.6 is 0 Å². The molecule has 0 unspecified atom stereocenters. The van der Waals surface area contributed by atoms with Crippen molar-refractivity contribution in [2.75, 3.05) is 50.7 Å². The Morgan fingerprint density at radius 3 is 2.69 bits per heavy atom. The lowest BCUT2D eigenvalue weighted by atomic mass is 10.1. The first kappa shape index (κ1) is 18.7. The van der Waals surface area contributed by atoms with Crippen LogP contribution in [0.5, 0.6) is 0 Å². The summed E-state index contributed by atoms with van der Waals surface area (Å²) in [5, 5.41) is 3.25. The highest BCUT2D eigenvalue weighted by atomic mass is 19.3. The normalized spacial score (nSPS) is 27.8. The van der Waals surface area contributed by atoms with E-state index in [0.29, 0.717) is 19.0 Å². The van der Waals surface area contributed by atoms with Crippen LogP contribution in [-0.2, 0) is 4.79 Å². The lowest BCUT2D eigenvalue weighted by molar-refractivity contribution is -0.133. The second kappa shape index (κ2) is 7.21. The van der Waals surface area contributed by atoms with Gasteiger partial charge >= 0.3 is 0 Å². The third-order valence-electron chi connectivity index (χ3n) is 6.27. The monoisotopic (exact) mass is 405 g/mol. The highest BCUT2D eigenvalue weighted by molar-refractivity contribution is 5.82. The van der Waals surface area contributed by atoms with Gasteiger partial charge < -0.3 is 19.5 Å². The SMILES string of the molecule is O=C([C@@H]1C[C@H](N2CCN(c3nc4ccccc4o3)CC2)CN1)N1CCC(F)(F)C1. The molecule has 1 aromatic heterocycles. The topological polar surface area (TPSA) is 64.9 Å². The molecule has 0 radical (unpaired) electrons. The third-order valence-corrected chi connectivity index (χ3v) is 6.27. The van der Waals surface area contributed by atoms with Crippen LogP contribution in [0.3, 0.4) is 0 Å². The van der Waals surface area contributed by atoms with Crippen LogP contribution < -0.4 is 10.2 Å². The quantitative estimate of drug-likeness (QED) is 0.836. The molecule has 9 heteroatoms. The number of amides is 1. The number of halogens is 2. The number of hydrogen-bond donors (Lipinski definition) is 1. The van der Waals surface area contributed by atoms with E-state index in [1.54, 1.807) is 0 Å². The molecule has 29 heavy (non-hydrogen) atoms. The van der Waals surface area contributed by atoms with Gasteiger partial charge in [-0.1, -0.05) is 12.1 Å². The van der Waals surface area contributed by atoms with Gasteiger partial charge in [-0.3, -0.25) is 9.69 Å². The highest BCUT2D eigenvalue weighted by Gasteiger charge is 2.43. The number of carbonyl (C=O) groups is 1. The Balaban J connectivity index is 1.15. The standard InChI is InChI=1S/C20H25F2N5O2/c21-20(22)5-6-27(13-20)18(28)16-11-14(12-23-16)25-7-9-26(10-8-25)19-24-15-3-1-2-4-17(15)29-19/h1-4,14,16,23H,5-13H2/t14-,16-/m0/s1. The molecule has 0 spiro atoms. The fourth-order valence-corrected chi connectivity index (χ4v) is 4.60. The Kier molecular flexibility index (Phi) is 4.66. The summed E-state index contributed by atoms with van der Waals surface area (Å²) in [6.45, 7) is 3.74. The van der Waals surface area contributed by atoms with Crippen molar-refractivity contribution in [2.45, 2.75) is 30.8 Å². The second-order valence-electron chi connectivity index (χ2n) is 8.20. The van der Waals surface area contributed by atoms with E-state index in [4.69, 9.17) is 4.42 Å². The molecule has 4 heterocycles. The maximum Gasteiger partial charge on any atom is 0.298 e. The minimum Gasteiger partial charge on any atom is -0.423 e. The van der Waals surface area contributed by atoms with Crippen LogP contribution in [0.2, 0.25) is 0 Å². The van der Waals surface area contributed by atoms with E-state index in [-0.39, 0.29) is 31.0 Å². The van der Waals surface area contributed by atoms with E-state index in [0.717, 1.165) is 37.3 Å². The van der Waals surface area contributed by atoms with Gasteiger partial charge in [-0.2, -0.15) is 4.98 Å². The van der Waals surface area contributed by atoms with Crippen molar-refractivity contribution in [2.24, 2.45) is 0 Å². The van der Waals surface area contributed by atoms with Crippen molar-refractivity contribution < 1.29 is 18.0 Å². The largest absolute Gasteiger partial charge is 0.423 e. The molecule has 0 saturated carbocycles. The van der Waals surface area contributed by atoms with Gasteiger partial charge in [0, 0.05) is 51.7 Å². The molecule has 0 aliphatic carbocycles. The zero-order valence-electron chi connectivity index (χ0n) is 16.2. The summed E-state index contributed by atoms with van der Waals surface area (Å²) in [6.07, 6.45) is 0.441. The van der Waals surface area contributed by atoms with Crippen molar-refractivity contribution in [3.8, 4) is 0 Å². The molecule has 7 nitrogen and oxygen atoms in total. The number of nitrogens with zero attached hydrogens (tertiary/aromatic N) is 4. The van der Waals surface area contributed by atoms with Gasteiger partial charge in [0.1, 0.15) is 5.52 Å². The fourth-order valence-electron chi connectivity index (χ4n) is 4.60. The molecule has 1 N–H and O–H groups in total. The first-order valence-electron chi connectivity index (χ1n) is 10.2. The number of para-hydroxylation sites is 2. The number of rotatable bonds is 3. The van der Waals surface area contributed by atoms with Crippen LogP contribution in [0.1, 0.15) is 12.8 Å². The minimum atomic E-state index is -2.74. The number of carbonyl (C=O) groups excluding carboxylic acids is 1. The zero-order valence-corrected chi connectivity index (χ0v) is 16.2. The van der Waals surface area contributed by atoms with Crippen molar-refractivity contribution in [3.05, 3.63) is 24.3 Å². The molecule has 3 aliphatic rings. The average molecular weight is 405 g/mol. The molecule has 3 saturated heterocycles. The smallest absolute Gasteiger partial charge is 0.298 e. The van der Waals surface area contributed by atoms with Crippen LogP contribution in [0.25, 0.3) is 11.1 Å². The summed E-state index contributed by atoms with van der Waals surface area (Å²) < 4.78 is 32.7. The number of alkyl halides is 2. The number of fused-ring (bicyclic) bond motifs is 1. The molecule has 1 aromatic carbocycles. The van der Waals surface area contributed by atoms with Crippen LogP contribution in [0.15, 0.2) is 28.7 Å². The molecule has 156 valence electrons. The highest BCUT2D eigenvalue weighted by Crippen LogP contribution is 2.29. The Morgan fingerprint density at radius 1 is 1.17 bits per heavy atom. The molecule has 5 rings (SSSR count). The number of oxazole rings is 1. The predicted octanol–water partition coefficient (Wildman–Crippen LogP) is 1.55. The van der Waals surface area contributed by atoms with Crippen molar-refractivity contribution in [1.29, 1.82) is 0 Å². The van der Waals surface area contributed by atoms with E-state index < -0.39 is 12.5 Å². The summed E-state index contributed by atoms with van der Waals surface area (Å²) >= 11 is 0. The molecule has 1 amide bonds. The number of anilines is 1.